The van der Waals surface area contributed by atoms with Crippen LogP contribution in [0.25, 0.3) is 10.9 Å². The molecule has 2 aromatic rings. The molecule has 1 aromatic heterocycles. The van der Waals surface area contributed by atoms with Gasteiger partial charge in [0.05, 0.1) is 5.52 Å². The van der Waals surface area contributed by atoms with Crippen molar-refractivity contribution in [1.82, 2.24) is 10.3 Å². The molecule has 0 aliphatic heterocycles. The molecular formula is C17H22N2. The van der Waals surface area contributed by atoms with Crippen molar-refractivity contribution in [3.8, 4) is 0 Å². The summed E-state index contributed by atoms with van der Waals surface area (Å²) in [4.78, 5) is 4.59. The van der Waals surface area contributed by atoms with Crippen molar-refractivity contribution in [1.29, 1.82) is 0 Å². The van der Waals surface area contributed by atoms with Gasteiger partial charge in [0.1, 0.15) is 0 Å². The van der Waals surface area contributed by atoms with Gasteiger partial charge in [-0.15, -0.1) is 0 Å². The number of benzene rings is 1. The van der Waals surface area contributed by atoms with Crippen molar-refractivity contribution in [3.05, 3.63) is 42.1 Å². The van der Waals surface area contributed by atoms with Gasteiger partial charge >= 0.3 is 0 Å². The molecule has 1 aliphatic rings. The van der Waals surface area contributed by atoms with E-state index in [-0.39, 0.29) is 0 Å². The van der Waals surface area contributed by atoms with Crippen molar-refractivity contribution in [2.45, 2.75) is 38.6 Å². The van der Waals surface area contributed by atoms with Crippen LogP contribution in [0, 0.1) is 5.92 Å². The molecule has 0 radical (unpaired) electrons. The van der Waals surface area contributed by atoms with Gasteiger partial charge in [0.25, 0.3) is 0 Å². The van der Waals surface area contributed by atoms with E-state index < -0.39 is 0 Å². The maximum atomic E-state index is 4.59. The van der Waals surface area contributed by atoms with Crippen LogP contribution in [0.1, 0.15) is 38.2 Å². The SMILES string of the molecule is CC(C)NCC1CCC1c1cccc2cccnc12. The van der Waals surface area contributed by atoms with Crippen LogP contribution in [0.15, 0.2) is 36.5 Å². The first-order valence-electron chi connectivity index (χ1n) is 7.32. The molecule has 0 spiro atoms. The van der Waals surface area contributed by atoms with E-state index in [0.29, 0.717) is 12.0 Å². The number of para-hydroxylation sites is 1. The maximum absolute atomic E-state index is 4.59. The molecule has 3 rings (SSSR count). The van der Waals surface area contributed by atoms with Crippen LogP contribution >= 0.6 is 0 Å². The van der Waals surface area contributed by atoms with Gasteiger partial charge in [0, 0.05) is 17.6 Å². The molecule has 0 bridgehead atoms. The second-order valence-corrected chi connectivity index (χ2v) is 5.93. The fourth-order valence-electron chi connectivity index (χ4n) is 3.04. The van der Waals surface area contributed by atoms with Crippen LogP contribution < -0.4 is 5.32 Å². The van der Waals surface area contributed by atoms with E-state index in [9.17, 15) is 0 Å². The van der Waals surface area contributed by atoms with Gasteiger partial charge in [-0.1, -0.05) is 38.1 Å². The van der Waals surface area contributed by atoms with Gasteiger partial charge in [0.15, 0.2) is 0 Å². The Morgan fingerprint density at radius 3 is 2.79 bits per heavy atom. The summed E-state index contributed by atoms with van der Waals surface area (Å²) in [6, 6.07) is 11.3. The standard InChI is InChI=1S/C17H22N2/c1-12(2)19-11-14-8-9-15(14)16-7-3-5-13-6-4-10-18-17(13)16/h3-7,10,12,14-15,19H,8-9,11H2,1-2H3. The Morgan fingerprint density at radius 2 is 2.05 bits per heavy atom. The molecule has 2 heteroatoms. The number of rotatable bonds is 4. The van der Waals surface area contributed by atoms with Crippen molar-refractivity contribution >= 4 is 10.9 Å². The summed E-state index contributed by atoms with van der Waals surface area (Å²) in [7, 11) is 0. The quantitative estimate of drug-likeness (QED) is 0.899. The Kier molecular flexibility index (Phi) is 3.52. The van der Waals surface area contributed by atoms with Crippen LogP contribution in [0.3, 0.4) is 0 Å². The van der Waals surface area contributed by atoms with Gasteiger partial charge in [-0.25, -0.2) is 0 Å². The van der Waals surface area contributed by atoms with Crippen molar-refractivity contribution in [3.63, 3.8) is 0 Å². The van der Waals surface area contributed by atoms with E-state index >= 15 is 0 Å². The average Bonchev–Trinajstić information content (AvgIpc) is 2.38. The highest BCUT2D eigenvalue weighted by Crippen LogP contribution is 2.43. The first-order valence-corrected chi connectivity index (χ1v) is 7.32. The molecule has 1 aromatic carbocycles. The molecule has 2 unspecified atom stereocenters. The zero-order valence-electron chi connectivity index (χ0n) is 11.8. The minimum Gasteiger partial charge on any atom is -0.314 e. The second kappa shape index (κ2) is 5.30. The summed E-state index contributed by atoms with van der Waals surface area (Å²) >= 11 is 0. The molecular weight excluding hydrogens is 232 g/mol. The van der Waals surface area contributed by atoms with Crippen LogP contribution in [-0.4, -0.2) is 17.6 Å². The molecule has 1 N–H and O–H groups in total. The van der Waals surface area contributed by atoms with Crippen LogP contribution in [-0.2, 0) is 0 Å². The highest BCUT2D eigenvalue weighted by Gasteiger charge is 2.32. The number of pyridine rings is 1. The van der Waals surface area contributed by atoms with Gasteiger partial charge in [0.2, 0.25) is 0 Å². The fraction of sp³-hybridized carbons (Fsp3) is 0.471. The summed E-state index contributed by atoms with van der Waals surface area (Å²) in [6.07, 6.45) is 4.56. The van der Waals surface area contributed by atoms with Crippen LogP contribution in [0.2, 0.25) is 0 Å². The van der Waals surface area contributed by atoms with E-state index in [1.807, 2.05) is 12.3 Å². The van der Waals surface area contributed by atoms with E-state index in [1.165, 1.54) is 29.3 Å². The van der Waals surface area contributed by atoms with Gasteiger partial charge in [-0.2, -0.15) is 0 Å². The number of hydrogen-bond donors (Lipinski definition) is 1. The number of fused-ring (bicyclic) bond motifs is 1. The molecule has 1 aliphatic carbocycles. The van der Waals surface area contributed by atoms with Gasteiger partial charge in [-0.05, 0) is 42.9 Å². The van der Waals surface area contributed by atoms with Crippen LogP contribution in [0.4, 0.5) is 0 Å². The third kappa shape index (κ3) is 2.50. The van der Waals surface area contributed by atoms with E-state index in [4.69, 9.17) is 0 Å². The topological polar surface area (TPSA) is 24.9 Å². The number of hydrogen-bond acceptors (Lipinski definition) is 2. The Balaban J connectivity index is 1.84. The zero-order chi connectivity index (χ0) is 13.2. The summed E-state index contributed by atoms with van der Waals surface area (Å²) < 4.78 is 0. The molecule has 0 saturated heterocycles. The normalized spacial score (nSPS) is 22.7. The molecule has 2 atom stereocenters. The molecule has 19 heavy (non-hydrogen) atoms. The third-order valence-electron chi connectivity index (χ3n) is 4.27. The summed E-state index contributed by atoms with van der Waals surface area (Å²) in [5.41, 5.74) is 2.64. The second-order valence-electron chi connectivity index (χ2n) is 5.93. The van der Waals surface area contributed by atoms with Crippen molar-refractivity contribution in [2.24, 2.45) is 5.92 Å². The Bertz CT molecular complexity index is 557. The van der Waals surface area contributed by atoms with E-state index in [1.54, 1.807) is 0 Å². The minimum absolute atomic E-state index is 0.576. The lowest BCUT2D eigenvalue weighted by Gasteiger charge is -2.38. The van der Waals surface area contributed by atoms with E-state index in [2.05, 4.69) is 48.4 Å². The molecule has 1 heterocycles. The van der Waals surface area contributed by atoms with Crippen molar-refractivity contribution < 1.29 is 0 Å². The zero-order valence-corrected chi connectivity index (χ0v) is 11.8. The Hall–Kier alpha value is -1.41. The largest absolute Gasteiger partial charge is 0.314 e. The highest BCUT2D eigenvalue weighted by molar-refractivity contribution is 5.82. The highest BCUT2D eigenvalue weighted by atomic mass is 14.9. The Labute approximate surface area is 115 Å². The lowest BCUT2D eigenvalue weighted by atomic mass is 9.69. The molecule has 1 saturated carbocycles. The van der Waals surface area contributed by atoms with E-state index in [0.717, 1.165) is 12.5 Å². The fourth-order valence-corrected chi connectivity index (χ4v) is 3.04. The smallest absolute Gasteiger partial charge is 0.0736 e. The minimum atomic E-state index is 0.576. The Morgan fingerprint density at radius 1 is 1.21 bits per heavy atom. The maximum Gasteiger partial charge on any atom is 0.0736 e. The predicted molar refractivity (Wildman–Crippen MR) is 80.3 cm³/mol. The summed E-state index contributed by atoms with van der Waals surface area (Å²) in [5, 5.41) is 4.84. The van der Waals surface area contributed by atoms with Gasteiger partial charge < -0.3 is 5.32 Å². The number of nitrogens with one attached hydrogen (secondary N) is 1. The molecule has 0 amide bonds. The average molecular weight is 254 g/mol. The van der Waals surface area contributed by atoms with Gasteiger partial charge in [-0.3, -0.25) is 4.98 Å². The molecule has 2 nitrogen and oxygen atoms in total. The third-order valence-corrected chi connectivity index (χ3v) is 4.27. The number of nitrogens with zero attached hydrogens (tertiary/aromatic N) is 1. The lowest BCUT2D eigenvalue weighted by Crippen LogP contribution is -2.36. The van der Waals surface area contributed by atoms with Crippen LogP contribution in [0.5, 0.6) is 0 Å². The first kappa shape index (κ1) is 12.6. The predicted octanol–water partition coefficient (Wildman–Crippen LogP) is 3.73. The monoisotopic (exact) mass is 254 g/mol. The number of aromatic nitrogens is 1. The molecule has 100 valence electrons. The first-order chi connectivity index (χ1) is 9.25. The summed E-state index contributed by atoms with van der Waals surface area (Å²) in [6.45, 7) is 5.56. The van der Waals surface area contributed by atoms with Crippen molar-refractivity contribution in [2.75, 3.05) is 6.54 Å². The molecule has 1 fully saturated rings. The summed E-state index contributed by atoms with van der Waals surface area (Å²) in [5.74, 6) is 1.46. The lowest BCUT2D eigenvalue weighted by molar-refractivity contribution is 0.242.